The van der Waals surface area contributed by atoms with Crippen LogP contribution in [0.15, 0.2) is 89.5 Å². The Morgan fingerprint density at radius 3 is 2.41 bits per heavy atom. The summed E-state index contributed by atoms with van der Waals surface area (Å²) in [6.07, 6.45) is 1.50. The number of hydrogen-bond donors (Lipinski definition) is 0. The van der Waals surface area contributed by atoms with E-state index in [1.807, 2.05) is 18.2 Å². The largest absolute Gasteiger partial charge is 0.452 e. The number of rotatable bonds is 6. The Morgan fingerprint density at radius 2 is 1.66 bits per heavy atom. The van der Waals surface area contributed by atoms with Gasteiger partial charge in [-0.1, -0.05) is 30.3 Å². The first-order chi connectivity index (χ1) is 15.5. The lowest BCUT2D eigenvalue weighted by Gasteiger charge is -2.17. The van der Waals surface area contributed by atoms with Gasteiger partial charge in [-0.05, 0) is 48.5 Å². The number of amides is 1. The third kappa shape index (κ3) is 4.57. The Balaban J connectivity index is 1.49. The number of oxazole rings is 1. The zero-order valence-electron chi connectivity index (χ0n) is 17.2. The minimum atomic E-state index is -0.669. The molecule has 0 aliphatic heterocycles. The minimum Gasteiger partial charge on any atom is -0.452 e. The number of esters is 1. The smallest absolute Gasteiger partial charge is 0.339 e. The number of para-hydroxylation sites is 1. The van der Waals surface area contributed by atoms with Crippen LogP contribution in [0.25, 0.3) is 22.8 Å². The highest BCUT2D eigenvalue weighted by molar-refractivity contribution is 5.99. The second-order valence-electron chi connectivity index (χ2n) is 6.95. The maximum atomic E-state index is 13.2. The van der Waals surface area contributed by atoms with Crippen molar-refractivity contribution in [1.82, 2.24) is 4.98 Å². The van der Waals surface area contributed by atoms with Crippen LogP contribution >= 0.6 is 0 Å². The van der Waals surface area contributed by atoms with Crippen molar-refractivity contribution in [2.75, 3.05) is 18.6 Å². The number of benzene rings is 3. The van der Waals surface area contributed by atoms with Crippen molar-refractivity contribution in [3.8, 4) is 22.8 Å². The second kappa shape index (κ2) is 9.26. The van der Waals surface area contributed by atoms with Crippen LogP contribution in [-0.2, 0) is 9.53 Å². The molecule has 0 aliphatic carbocycles. The van der Waals surface area contributed by atoms with E-state index in [2.05, 4.69) is 4.98 Å². The van der Waals surface area contributed by atoms with E-state index < -0.39 is 12.6 Å². The highest BCUT2D eigenvalue weighted by atomic mass is 19.1. The van der Waals surface area contributed by atoms with Gasteiger partial charge in [-0.2, -0.15) is 0 Å². The highest BCUT2D eigenvalue weighted by Gasteiger charge is 2.20. The van der Waals surface area contributed by atoms with Crippen LogP contribution in [0.1, 0.15) is 10.4 Å². The van der Waals surface area contributed by atoms with Crippen LogP contribution in [-0.4, -0.2) is 30.5 Å². The number of anilines is 1. The first kappa shape index (κ1) is 21.0. The number of ether oxygens (including phenoxy) is 1. The summed E-state index contributed by atoms with van der Waals surface area (Å²) < 4.78 is 24.2. The number of aromatic nitrogens is 1. The maximum Gasteiger partial charge on any atom is 0.339 e. The Labute approximate surface area is 183 Å². The zero-order chi connectivity index (χ0) is 22.5. The van der Waals surface area contributed by atoms with Crippen molar-refractivity contribution in [1.29, 1.82) is 0 Å². The van der Waals surface area contributed by atoms with Crippen molar-refractivity contribution >= 4 is 17.6 Å². The van der Waals surface area contributed by atoms with E-state index in [0.717, 1.165) is 0 Å². The summed E-state index contributed by atoms with van der Waals surface area (Å²) in [5.41, 5.74) is 1.99. The molecule has 0 spiro atoms. The van der Waals surface area contributed by atoms with Crippen molar-refractivity contribution in [2.45, 2.75) is 0 Å². The molecule has 0 atom stereocenters. The molecule has 1 heterocycles. The van der Waals surface area contributed by atoms with Crippen LogP contribution in [0.3, 0.4) is 0 Å². The predicted molar refractivity (Wildman–Crippen MR) is 117 cm³/mol. The van der Waals surface area contributed by atoms with E-state index in [1.165, 1.54) is 23.2 Å². The van der Waals surface area contributed by atoms with E-state index in [0.29, 0.717) is 22.6 Å². The topological polar surface area (TPSA) is 72.6 Å². The van der Waals surface area contributed by atoms with Crippen LogP contribution < -0.4 is 4.90 Å². The molecule has 0 aliphatic rings. The van der Waals surface area contributed by atoms with Gasteiger partial charge in [0, 0.05) is 18.3 Å². The quantitative estimate of drug-likeness (QED) is 0.404. The fourth-order valence-corrected chi connectivity index (χ4v) is 3.09. The van der Waals surface area contributed by atoms with Crippen molar-refractivity contribution in [3.05, 3.63) is 96.4 Å². The summed E-state index contributed by atoms with van der Waals surface area (Å²) in [4.78, 5) is 30.8. The molecule has 4 aromatic rings. The van der Waals surface area contributed by atoms with Gasteiger partial charge in [0.15, 0.2) is 12.4 Å². The summed E-state index contributed by atoms with van der Waals surface area (Å²) in [5, 5.41) is 0. The molecule has 160 valence electrons. The first-order valence-electron chi connectivity index (χ1n) is 9.83. The van der Waals surface area contributed by atoms with Crippen LogP contribution in [0.4, 0.5) is 10.1 Å². The monoisotopic (exact) mass is 430 g/mol. The van der Waals surface area contributed by atoms with Crippen LogP contribution in [0.5, 0.6) is 0 Å². The second-order valence-corrected chi connectivity index (χ2v) is 6.95. The molecule has 32 heavy (non-hydrogen) atoms. The van der Waals surface area contributed by atoms with Crippen molar-refractivity contribution < 1.29 is 23.1 Å². The molecule has 1 amide bonds. The molecule has 0 bridgehead atoms. The van der Waals surface area contributed by atoms with Crippen molar-refractivity contribution in [2.24, 2.45) is 0 Å². The molecule has 0 saturated carbocycles. The maximum absolute atomic E-state index is 13.2. The Morgan fingerprint density at radius 1 is 0.969 bits per heavy atom. The Bertz CT molecular complexity index is 1240. The van der Waals surface area contributed by atoms with Gasteiger partial charge in [0.25, 0.3) is 5.91 Å². The minimum absolute atomic E-state index is 0.213. The fraction of sp³-hybridized carbons (Fsp3) is 0.0800. The molecule has 0 saturated heterocycles. The van der Waals surface area contributed by atoms with Gasteiger partial charge >= 0.3 is 5.97 Å². The zero-order valence-corrected chi connectivity index (χ0v) is 17.2. The lowest BCUT2D eigenvalue weighted by Crippen LogP contribution is -2.31. The van der Waals surface area contributed by atoms with Gasteiger partial charge in [0.1, 0.15) is 5.82 Å². The Hall–Kier alpha value is -4.26. The fourth-order valence-electron chi connectivity index (χ4n) is 3.09. The SMILES string of the molecule is CN(C(=O)COC(=O)c1ccccc1-c1ncc(-c2ccc(F)cc2)o1)c1ccccc1. The molecule has 0 N–H and O–H groups in total. The van der Waals surface area contributed by atoms with Crippen LogP contribution in [0, 0.1) is 5.82 Å². The lowest BCUT2D eigenvalue weighted by molar-refractivity contribution is -0.121. The number of halogens is 1. The molecule has 3 aromatic carbocycles. The number of carbonyl (C=O) groups excluding carboxylic acids is 2. The molecular formula is C25H19FN2O4. The third-order valence-corrected chi connectivity index (χ3v) is 4.86. The summed E-state index contributed by atoms with van der Waals surface area (Å²) >= 11 is 0. The standard InChI is InChI=1S/C25H19FN2O4/c1-28(19-7-3-2-4-8-19)23(29)16-31-25(30)21-10-6-5-9-20(21)24-27-15-22(32-24)17-11-13-18(26)14-12-17/h2-15H,16H2,1H3. The number of likely N-dealkylation sites (N-methyl/N-ethyl adjacent to an activating group) is 1. The number of nitrogens with zero attached hydrogens (tertiary/aromatic N) is 2. The average molecular weight is 430 g/mol. The van der Waals surface area contributed by atoms with E-state index in [-0.39, 0.29) is 23.2 Å². The van der Waals surface area contributed by atoms with Crippen molar-refractivity contribution in [3.63, 3.8) is 0 Å². The van der Waals surface area contributed by atoms with Crippen LogP contribution in [0.2, 0.25) is 0 Å². The van der Waals surface area contributed by atoms with Gasteiger partial charge in [0.2, 0.25) is 5.89 Å². The molecule has 6 nitrogen and oxygen atoms in total. The molecule has 7 heteroatoms. The molecular weight excluding hydrogens is 411 g/mol. The molecule has 4 rings (SSSR count). The lowest BCUT2D eigenvalue weighted by atomic mass is 10.1. The summed E-state index contributed by atoms with van der Waals surface area (Å²) in [7, 11) is 1.61. The average Bonchev–Trinajstić information content (AvgIpc) is 3.33. The number of carbonyl (C=O) groups is 2. The van der Waals surface area contributed by atoms with Gasteiger partial charge in [-0.15, -0.1) is 0 Å². The van der Waals surface area contributed by atoms with E-state index in [4.69, 9.17) is 9.15 Å². The third-order valence-electron chi connectivity index (χ3n) is 4.86. The Kier molecular flexibility index (Phi) is 6.07. The molecule has 1 aromatic heterocycles. The van der Waals surface area contributed by atoms with E-state index in [1.54, 1.807) is 55.6 Å². The predicted octanol–water partition coefficient (Wildman–Crippen LogP) is 4.97. The van der Waals surface area contributed by atoms with Gasteiger partial charge in [-0.3, -0.25) is 4.79 Å². The summed E-state index contributed by atoms with van der Waals surface area (Å²) in [5.74, 6) is -0.741. The van der Waals surface area contributed by atoms with E-state index >= 15 is 0 Å². The van der Waals surface area contributed by atoms with Gasteiger partial charge < -0.3 is 14.1 Å². The highest BCUT2D eigenvalue weighted by Crippen LogP contribution is 2.28. The normalized spacial score (nSPS) is 10.6. The molecule has 0 radical (unpaired) electrons. The van der Waals surface area contributed by atoms with Gasteiger partial charge in [-0.25, -0.2) is 14.2 Å². The molecule has 0 fully saturated rings. The summed E-state index contributed by atoms with van der Waals surface area (Å²) in [6, 6.07) is 21.5. The first-order valence-corrected chi connectivity index (χ1v) is 9.83. The van der Waals surface area contributed by atoms with Gasteiger partial charge in [0.05, 0.1) is 17.3 Å². The number of hydrogen-bond acceptors (Lipinski definition) is 5. The van der Waals surface area contributed by atoms with E-state index in [9.17, 15) is 14.0 Å². The summed E-state index contributed by atoms with van der Waals surface area (Å²) in [6.45, 7) is -0.412. The molecule has 0 unspecified atom stereocenters.